The predicted molar refractivity (Wildman–Crippen MR) is 143 cm³/mol. The highest BCUT2D eigenvalue weighted by Crippen LogP contribution is 2.18. The van der Waals surface area contributed by atoms with E-state index in [9.17, 15) is 14.7 Å². The second kappa shape index (κ2) is 13.0. The van der Waals surface area contributed by atoms with E-state index in [1.807, 2.05) is 72.8 Å². The Morgan fingerprint density at radius 2 is 1.65 bits per heavy atom. The first kappa shape index (κ1) is 27.8. The van der Waals surface area contributed by atoms with Crippen LogP contribution in [-0.4, -0.2) is 51.4 Å². The average molecular weight is 505 g/mol. The lowest BCUT2D eigenvalue weighted by Gasteiger charge is -2.31. The summed E-state index contributed by atoms with van der Waals surface area (Å²) >= 11 is 0. The first-order chi connectivity index (χ1) is 17.6. The third-order valence-corrected chi connectivity index (χ3v) is 5.48. The van der Waals surface area contributed by atoms with Gasteiger partial charge in [-0.15, -0.1) is 0 Å². The van der Waals surface area contributed by atoms with Gasteiger partial charge in [-0.1, -0.05) is 60.7 Å². The molecule has 2 aromatic carbocycles. The van der Waals surface area contributed by atoms with Gasteiger partial charge in [0.15, 0.2) is 0 Å². The fraction of sp³-hybridized carbons (Fsp3) is 0.345. The summed E-state index contributed by atoms with van der Waals surface area (Å²) in [6, 6.07) is 22.6. The minimum Gasteiger partial charge on any atom is -0.444 e. The summed E-state index contributed by atoms with van der Waals surface area (Å²) in [4.78, 5) is 28.8. The van der Waals surface area contributed by atoms with E-state index >= 15 is 0 Å². The number of carbonyl (C=O) groups excluding carboxylic acids is 2. The smallest absolute Gasteiger partial charge is 0.407 e. The Morgan fingerprint density at radius 1 is 0.973 bits per heavy atom. The maximum Gasteiger partial charge on any atom is 0.407 e. The number of rotatable bonds is 10. The highest BCUT2D eigenvalue weighted by atomic mass is 16.6. The van der Waals surface area contributed by atoms with Gasteiger partial charge in [0.05, 0.1) is 17.8 Å². The summed E-state index contributed by atoms with van der Waals surface area (Å²) in [6.45, 7) is 7.23. The molecule has 0 fully saturated rings. The molecule has 3 aromatic rings. The van der Waals surface area contributed by atoms with E-state index in [2.05, 4.69) is 15.7 Å². The van der Waals surface area contributed by atoms with E-state index in [1.165, 1.54) is 6.92 Å². The largest absolute Gasteiger partial charge is 0.444 e. The maximum atomic E-state index is 12.5. The van der Waals surface area contributed by atoms with Crippen molar-refractivity contribution in [1.82, 2.24) is 20.7 Å². The molecule has 8 nitrogen and oxygen atoms in total. The molecule has 1 heterocycles. The fourth-order valence-electron chi connectivity index (χ4n) is 3.87. The lowest BCUT2D eigenvalue weighted by Crippen LogP contribution is -2.53. The second-order valence-electron chi connectivity index (χ2n) is 9.97. The van der Waals surface area contributed by atoms with Gasteiger partial charge in [0.2, 0.25) is 5.91 Å². The third-order valence-electron chi connectivity index (χ3n) is 5.48. The van der Waals surface area contributed by atoms with Crippen molar-refractivity contribution >= 4 is 12.0 Å². The molecule has 2 amide bonds. The highest BCUT2D eigenvalue weighted by molar-refractivity contribution is 5.72. The zero-order chi connectivity index (χ0) is 26.8. The number of ether oxygens (including phenoxy) is 1. The molecule has 0 unspecified atom stereocenters. The number of aromatic nitrogens is 1. The standard InChI is InChI=1S/C29H36N4O4/c1-21(34)32-33(19-23-13-15-24(16-14-23)25-12-8-9-17-30-25)20-27(35)26(18-22-10-6-5-7-11-22)31-28(36)37-29(2,3)4/h5-17,26-27,35H,18-20H2,1-4H3,(H,31,36)(H,32,34)/t26-,27-/m0/s1. The molecule has 0 bridgehead atoms. The van der Waals surface area contributed by atoms with E-state index in [1.54, 1.807) is 32.0 Å². The summed E-state index contributed by atoms with van der Waals surface area (Å²) in [7, 11) is 0. The van der Waals surface area contributed by atoms with E-state index < -0.39 is 23.8 Å². The van der Waals surface area contributed by atoms with Gasteiger partial charge in [-0.25, -0.2) is 9.80 Å². The number of nitrogens with one attached hydrogen (secondary N) is 2. The molecular formula is C29H36N4O4. The molecule has 0 spiro atoms. The SMILES string of the molecule is CC(=O)NN(Cc1ccc(-c2ccccn2)cc1)C[C@H](O)[C@H](Cc1ccccc1)NC(=O)OC(C)(C)C. The van der Waals surface area contributed by atoms with Crippen LogP contribution < -0.4 is 10.7 Å². The molecule has 3 N–H and O–H groups in total. The number of pyridine rings is 1. The predicted octanol–water partition coefficient (Wildman–Crippen LogP) is 4.10. The summed E-state index contributed by atoms with van der Waals surface area (Å²) in [5.41, 5.74) is 5.89. The highest BCUT2D eigenvalue weighted by Gasteiger charge is 2.27. The van der Waals surface area contributed by atoms with Crippen LogP contribution in [-0.2, 0) is 22.5 Å². The van der Waals surface area contributed by atoms with Crippen molar-refractivity contribution in [2.45, 2.75) is 58.4 Å². The summed E-state index contributed by atoms with van der Waals surface area (Å²) in [5, 5.41) is 15.7. The topological polar surface area (TPSA) is 104 Å². The molecule has 0 radical (unpaired) electrons. The van der Waals surface area contributed by atoms with Crippen molar-refractivity contribution < 1.29 is 19.4 Å². The molecule has 8 heteroatoms. The van der Waals surface area contributed by atoms with Crippen molar-refractivity contribution in [3.63, 3.8) is 0 Å². The van der Waals surface area contributed by atoms with Gasteiger partial charge in [-0.2, -0.15) is 0 Å². The van der Waals surface area contributed by atoms with Crippen LogP contribution in [0.5, 0.6) is 0 Å². The molecule has 196 valence electrons. The zero-order valence-corrected chi connectivity index (χ0v) is 21.8. The van der Waals surface area contributed by atoms with Crippen molar-refractivity contribution in [2.24, 2.45) is 0 Å². The monoisotopic (exact) mass is 504 g/mol. The first-order valence-electron chi connectivity index (χ1n) is 12.3. The molecule has 0 aliphatic carbocycles. The number of alkyl carbamates (subject to hydrolysis) is 1. The number of benzene rings is 2. The zero-order valence-electron chi connectivity index (χ0n) is 21.8. The van der Waals surface area contributed by atoms with E-state index in [0.717, 1.165) is 22.4 Å². The van der Waals surface area contributed by atoms with Gasteiger partial charge in [0.1, 0.15) is 5.60 Å². The van der Waals surface area contributed by atoms with E-state index in [4.69, 9.17) is 4.74 Å². The van der Waals surface area contributed by atoms with Crippen molar-refractivity contribution in [3.8, 4) is 11.3 Å². The van der Waals surface area contributed by atoms with Crippen LogP contribution in [0.15, 0.2) is 79.0 Å². The molecule has 37 heavy (non-hydrogen) atoms. The number of carbonyl (C=O) groups is 2. The van der Waals surface area contributed by atoms with Gasteiger partial charge >= 0.3 is 6.09 Å². The number of hydrazine groups is 1. The molecular weight excluding hydrogens is 468 g/mol. The number of nitrogens with zero attached hydrogens (tertiary/aromatic N) is 2. The van der Waals surface area contributed by atoms with Gasteiger partial charge in [-0.05, 0) is 50.5 Å². The van der Waals surface area contributed by atoms with Crippen molar-refractivity contribution in [2.75, 3.05) is 6.54 Å². The van der Waals surface area contributed by atoms with Crippen LogP contribution in [0.2, 0.25) is 0 Å². The Bertz CT molecular complexity index is 1130. The molecule has 0 saturated heterocycles. The quantitative estimate of drug-likeness (QED) is 0.359. The summed E-state index contributed by atoms with van der Waals surface area (Å²) in [6.07, 6.45) is 0.546. The normalized spacial score (nSPS) is 13.0. The molecule has 3 rings (SSSR count). The second-order valence-corrected chi connectivity index (χ2v) is 9.97. The third kappa shape index (κ3) is 9.67. The molecule has 0 saturated carbocycles. The number of hydrogen-bond donors (Lipinski definition) is 3. The van der Waals surface area contributed by atoms with Crippen molar-refractivity contribution in [1.29, 1.82) is 0 Å². The minimum absolute atomic E-state index is 0.0921. The van der Waals surface area contributed by atoms with Crippen LogP contribution in [0.25, 0.3) is 11.3 Å². The lowest BCUT2D eigenvalue weighted by atomic mass is 10.0. The number of aliphatic hydroxyl groups excluding tert-OH is 1. The van der Waals surface area contributed by atoms with Crippen LogP contribution in [0, 0.1) is 0 Å². The Hall–Kier alpha value is -3.75. The molecule has 1 aromatic heterocycles. The van der Waals surface area contributed by atoms with Crippen LogP contribution in [0.3, 0.4) is 0 Å². The summed E-state index contributed by atoms with van der Waals surface area (Å²) < 4.78 is 5.42. The van der Waals surface area contributed by atoms with Crippen LogP contribution in [0.1, 0.15) is 38.8 Å². The van der Waals surface area contributed by atoms with E-state index in [-0.39, 0.29) is 12.5 Å². The molecule has 0 aliphatic heterocycles. The fourth-order valence-corrected chi connectivity index (χ4v) is 3.87. The molecule has 0 aliphatic rings. The maximum absolute atomic E-state index is 12.5. The Morgan fingerprint density at radius 3 is 2.24 bits per heavy atom. The van der Waals surface area contributed by atoms with Crippen LogP contribution in [0.4, 0.5) is 4.79 Å². The van der Waals surface area contributed by atoms with Crippen molar-refractivity contribution in [3.05, 3.63) is 90.1 Å². The van der Waals surface area contributed by atoms with Gasteiger partial charge in [0, 0.05) is 31.8 Å². The summed E-state index contributed by atoms with van der Waals surface area (Å²) in [5.74, 6) is -0.253. The number of aliphatic hydroxyl groups is 1. The van der Waals surface area contributed by atoms with Gasteiger partial charge in [-0.3, -0.25) is 15.2 Å². The van der Waals surface area contributed by atoms with E-state index in [0.29, 0.717) is 13.0 Å². The van der Waals surface area contributed by atoms with Crippen LogP contribution >= 0.6 is 0 Å². The Labute approximate surface area is 218 Å². The van der Waals surface area contributed by atoms with Gasteiger partial charge < -0.3 is 15.2 Å². The minimum atomic E-state index is -0.993. The Balaban J connectivity index is 1.73. The Kier molecular flexibility index (Phi) is 9.77. The van der Waals surface area contributed by atoms with Gasteiger partial charge in [0.25, 0.3) is 0 Å². The number of hydrogen-bond acceptors (Lipinski definition) is 6. The number of amides is 2. The average Bonchev–Trinajstić information content (AvgIpc) is 2.84. The molecule has 2 atom stereocenters. The lowest BCUT2D eigenvalue weighted by molar-refractivity contribution is -0.124. The first-order valence-corrected chi connectivity index (χ1v) is 12.3.